The SMILES string of the molecule is O=C(Nc1ccsc1C(F)(F)F)c1csc2ncc(N3C[C@@H]4CC[C@H]3CN4)nc12.O=C(O)C(F)(F)F. The van der Waals surface area contributed by atoms with Crippen LogP contribution >= 0.6 is 22.7 Å². The van der Waals surface area contributed by atoms with Gasteiger partial charge in [-0.25, -0.2) is 14.8 Å². The third-order valence-corrected chi connectivity index (χ3v) is 7.41. The Bertz CT molecular complexity index is 1270. The van der Waals surface area contributed by atoms with Crippen molar-refractivity contribution in [2.75, 3.05) is 23.3 Å². The van der Waals surface area contributed by atoms with Crippen molar-refractivity contribution in [3.8, 4) is 0 Å². The minimum absolute atomic E-state index is 0.235. The zero-order valence-electron chi connectivity index (χ0n) is 18.0. The van der Waals surface area contributed by atoms with Gasteiger partial charge < -0.3 is 20.6 Å². The molecule has 0 aromatic carbocycles. The molecule has 36 heavy (non-hydrogen) atoms. The summed E-state index contributed by atoms with van der Waals surface area (Å²) in [5.74, 6) is -2.67. The molecule has 1 amide bonds. The van der Waals surface area contributed by atoms with E-state index in [2.05, 4.69) is 25.5 Å². The van der Waals surface area contributed by atoms with E-state index in [1.807, 2.05) is 0 Å². The lowest BCUT2D eigenvalue weighted by Crippen LogP contribution is -2.61. The fourth-order valence-electron chi connectivity index (χ4n) is 3.91. The van der Waals surface area contributed by atoms with Gasteiger partial charge in [0.25, 0.3) is 5.91 Å². The third kappa shape index (κ3) is 5.54. The summed E-state index contributed by atoms with van der Waals surface area (Å²) in [5, 5.41) is 15.9. The first-order valence-electron chi connectivity index (χ1n) is 10.3. The van der Waals surface area contributed by atoms with Gasteiger partial charge in [0.1, 0.15) is 21.0 Å². The van der Waals surface area contributed by atoms with Crippen molar-refractivity contribution < 1.29 is 41.0 Å². The van der Waals surface area contributed by atoms with Crippen molar-refractivity contribution in [1.82, 2.24) is 15.3 Å². The summed E-state index contributed by atoms with van der Waals surface area (Å²) < 4.78 is 71.0. The van der Waals surface area contributed by atoms with Gasteiger partial charge in [0.05, 0.1) is 17.4 Å². The number of thiophene rings is 2. The summed E-state index contributed by atoms with van der Waals surface area (Å²) in [6, 6.07) is 2.01. The Morgan fingerprint density at radius 1 is 1.17 bits per heavy atom. The number of halogens is 6. The molecule has 3 aromatic rings. The first kappa shape index (κ1) is 26.1. The van der Waals surface area contributed by atoms with Crippen LogP contribution in [0.2, 0.25) is 0 Å². The van der Waals surface area contributed by atoms with E-state index in [1.165, 1.54) is 22.8 Å². The van der Waals surface area contributed by atoms with Gasteiger partial charge in [-0.3, -0.25) is 4.79 Å². The van der Waals surface area contributed by atoms with E-state index >= 15 is 0 Å². The van der Waals surface area contributed by atoms with Crippen molar-refractivity contribution in [2.45, 2.75) is 37.3 Å². The number of piperazine rings is 1. The van der Waals surface area contributed by atoms with E-state index < -0.39 is 29.1 Å². The molecular weight excluding hydrogens is 536 g/mol. The molecule has 0 unspecified atom stereocenters. The van der Waals surface area contributed by atoms with E-state index in [0.29, 0.717) is 39.6 Å². The summed E-state index contributed by atoms with van der Waals surface area (Å²) in [5.41, 5.74) is 0.414. The van der Waals surface area contributed by atoms with Gasteiger partial charge in [0.2, 0.25) is 0 Å². The lowest BCUT2D eigenvalue weighted by molar-refractivity contribution is -0.192. The Labute approximate surface area is 207 Å². The van der Waals surface area contributed by atoms with Crippen LogP contribution in [0, 0.1) is 0 Å². The largest absolute Gasteiger partial charge is 0.490 e. The minimum Gasteiger partial charge on any atom is -0.475 e. The van der Waals surface area contributed by atoms with Gasteiger partial charge in [0, 0.05) is 30.6 Å². The van der Waals surface area contributed by atoms with E-state index in [-0.39, 0.29) is 11.3 Å². The molecule has 2 atom stereocenters. The van der Waals surface area contributed by atoms with Crippen LogP contribution in [0.4, 0.5) is 37.8 Å². The van der Waals surface area contributed by atoms with Crippen LogP contribution in [0.1, 0.15) is 28.1 Å². The number of hydrogen-bond acceptors (Lipinski definition) is 8. The molecule has 3 fully saturated rings. The number of carbonyl (C=O) groups is 2. The molecule has 16 heteroatoms. The van der Waals surface area contributed by atoms with Crippen LogP contribution in [-0.4, -0.2) is 58.3 Å². The number of anilines is 2. The van der Waals surface area contributed by atoms with Gasteiger partial charge in [-0.05, 0) is 24.3 Å². The predicted octanol–water partition coefficient (Wildman–Crippen LogP) is 4.60. The predicted molar refractivity (Wildman–Crippen MR) is 121 cm³/mol. The van der Waals surface area contributed by atoms with Gasteiger partial charge in [-0.15, -0.1) is 22.7 Å². The lowest BCUT2D eigenvalue weighted by Gasteiger charge is -2.46. The number of aliphatic carboxylic acids is 1. The van der Waals surface area contributed by atoms with Gasteiger partial charge in [-0.2, -0.15) is 26.3 Å². The molecule has 3 aromatic heterocycles. The number of nitrogens with one attached hydrogen (secondary N) is 2. The van der Waals surface area contributed by atoms with Crippen LogP contribution in [0.15, 0.2) is 23.0 Å². The van der Waals surface area contributed by atoms with Crippen molar-refractivity contribution in [2.24, 2.45) is 0 Å². The number of amides is 1. The number of piperidine rings is 2. The number of nitrogens with zero attached hydrogens (tertiary/aromatic N) is 3. The van der Waals surface area contributed by atoms with Crippen LogP contribution in [0.5, 0.6) is 0 Å². The second-order valence-corrected chi connectivity index (χ2v) is 9.71. The topological polar surface area (TPSA) is 107 Å². The molecule has 0 radical (unpaired) electrons. The Morgan fingerprint density at radius 2 is 1.89 bits per heavy atom. The fourth-order valence-corrected chi connectivity index (χ4v) is 5.46. The highest BCUT2D eigenvalue weighted by Gasteiger charge is 2.38. The molecule has 3 N–H and O–H groups in total. The number of fused-ring (bicyclic) bond motifs is 4. The number of hydrogen-bond donors (Lipinski definition) is 3. The fraction of sp³-hybridized carbons (Fsp3) is 0.400. The second kappa shape index (κ2) is 9.82. The normalized spacial score (nSPS) is 19.7. The molecule has 8 nitrogen and oxygen atoms in total. The maximum atomic E-state index is 13.1. The van der Waals surface area contributed by atoms with E-state index in [4.69, 9.17) is 9.90 Å². The average molecular weight is 554 g/mol. The van der Waals surface area contributed by atoms with Crippen LogP contribution in [0.25, 0.3) is 10.3 Å². The van der Waals surface area contributed by atoms with Gasteiger partial charge in [-0.1, -0.05) is 0 Å². The van der Waals surface area contributed by atoms with E-state index in [9.17, 15) is 31.1 Å². The van der Waals surface area contributed by atoms with Gasteiger partial charge in [0.15, 0.2) is 0 Å². The number of rotatable bonds is 3. The smallest absolute Gasteiger partial charge is 0.475 e. The van der Waals surface area contributed by atoms with Crippen molar-refractivity contribution in [3.63, 3.8) is 0 Å². The summed E-state index contributed by atoms with van der Waals surface area (Å²) in [7, 11) is 0. The van der Waals surface area contributed by atoms with E-state index in [0.717, 1.165) is 25.9 Å². The molecule has 0 saturated carbocycles. The molecule has 6 heterocycles. The average Bonchev–Trinajstić information content (AvgIpc) is 3.46. The lowest BCUT2D eigenvalue weighted by atomic mass is 9.93. The zero-order valence-corrected chi connectivity index (χ0v) is 19.6. The third-order valence-electron chi connectivity index (χ3n) is 5.57. The Morgan fingerprint density at radius 3 is 2.44 bits per heavy atom. The first-order valence-corrected chi connectivity index (χ1v) is 12.1. The molecule has 0 spiro atoms. The maximum absolute atomic E-state index is 13.1. The summed E-state index contributed by atoms with van der Waals surface area (Å²) in [6.45, 7) is 1.72. The maximum Gasteiger partial charge on any atom is 0.490 e. The monoisotopic (exact) mass is 553 g/mol. The van der Waals surface area contributed by atoms with E-state index in [1.54, 1.807) is 11.6 Å². The molecule has 194 valence electrons. The highest BCUT2D eigenvalue weighted by atomic mass is 32.1. The van der Waals surface area contributed by atoms with Crippen LogP contribution < -0.4 is 15.5 Å². The second-order valence-electron chi connectivity index (χ2n) is 7.94. The zero-order chi connectivity index (χ0) is 26.3. The highest BCUT2D eigenvalue weighted by Crippen LogP contribution is 2.39. The number of carboxylic acids is 1. The van der Waals surface area contributed by atoms with Crippen molar-refractivity contribution >= 4 is 56.4 Å². The Hall–Kier alpha value is -2.98. The van der Waals surface area contributed by atoms with Crippen LogP contribution in [-0.2, 0) is 11.0 Å². The molecule has 0 aliphatic carbocycles. The highest BCUT2D eigenvalue weighted by molar-refractivity contribution is 7.17. The number of alkyl halides is 6. The summed E-state index contributed by atoms with van der Waals surface area (Å²) >= 11 is 1.80. The Balaban J connectivity index is 0.000000384. The number of carboxylic acid groups (broad SMARTS) is 1. The number of carbonyl (C=O) groups excluding carboxylic acids is 1. The molecule has 3 aliphatic heterocycles. The quantitative estimate of drug-likeness (QED) is 0.407. The first-order chi connectivity index (χ1) is 16.8. The molecule has 3 aliphatic rings. The van der Waals surface area contributed by atoms with Gasteiger partial charge >= 0.3 is 18.3 Å². The number of aromatic nitrogens is 2. The Kier molecular flexibility index (Phi) is 7.12. The molecular formula is C20H17F6N5O3S2. The van der Waals surface area contributed by atoms with Crippen molar-refractivity contribution in [3.05, 3.63) is 33.5 Å². The molecule has 6 rings (SSSR count). The van der Waals surface area contributed by atoms with Crippen molar-refractivity contribution in [1.29, 1.82) is 0 Å². The summed E-state index contributed by atoms with van der Waals surface area (Å²) in [4.78, 5) is 32.7. The van der Waals surface area contributed by atoms with Crippen LogP contribution in [0.3, 0.4) is 0 Å². The minimum atomic E-state index is -5.08. The molecule has 3 saturated heterocycles. The summed E-state index contributed by atoms with van der Waals surface area (Å²) in [6.07, 6.45) is -5.68. The standard InChI is InChI=1S/C18H16F3N5OS2.C2HF3O2/c19-18(20,21)15-12(3-4-28-15)24-16(27)11-8-29-17-14(11)25-13(6-23-17)26-7-9-1-2-10(26)5-22-9;3-2(4,5)1(6)7/h3-4,6,8-10,22H,1-2,5,7H2,(H,24,27);(H,6,7)/t9-,10-;/m0./s1. The molecule has 2 bridgehead atoms.